The van der Waals surface area contributed by atoms with Crippen molar-refractivity contribution in [3.8, 4) is 0 Å². The molecule has 3 aliphatic carbocycles. The van der Waals surface area contributed by atoms with Gasteiger partial charge in [-0.1, -0.05) is 12.1 Å². The van der Waals surface area contributed by atoms with Crippen molar-refractivity contribution in [1.82, 2.24) is 10.6 Å². The summed E-state index contributed by atoms with van der Waals surface area (Å²) >= 11 is 1.62. The number of aryl methyl sites for hydroxylation is 1. The number of hydrogen-bond donors (Lipinski definition) is 2. The zero-order chi connectivity index (χ0) is 15.6. The Kier molecular flexibility index (Phi) is 2.92. The van der Waals surface area contributed by atoms with Crippen LogP contribution in [0.1, 0.15) is 40.9 Å². The Hall–Kier alpha value is -1.39. The van der Waals surface area contributed by atoms with Crippen LogP contribution < -0.4 is 10.6 Å². The molecule has 2 bridgehead atoms. The molecule has 2 aromatic rings. The molecule has 4 aliphatic rings. The number of thiophene rings is 1. The predicted molar refractivity (Wildman–Crippen MR) is 94.0 cm³/mol. The molecule has 23 heavy (non-hydrogen) atoms. The summed E-state index contributed by atoms with van der Waals surface area (Å²) in [6.45, 7) is 3.19. The molecule has 1 unspecified atom stereocenters. The number of carbonyl (C=O) groups is 1. The Morgan fingerprint density at radius 1 is 1.26 bits per heavy atom. The summed E-state index contributed by atoms with van der Waals surface area (Å²) in [5.74, 6) is 1.55. The van der Waals surface area contributed by atoms with Gasteiger partial charge in [0, 0.05) is 11.2 Å². The number of nitrogens with one attached hydrogen (secondary N) is 2. The quantitative estimate of drug-likeness (QED) is 0.830. The Morgan fingerprint density at radius 2 is 2.04 bits per heavy atom. The highest BCUT2D eigenvalue weighted by molar-refractivity contribution is 7.20. The molecule has 3 nitrogen and oxygen atoms in total. The minimum atomic E-state index is 0.120. The van der Waals surface area contributed by atoms with Gasteiger partial charge in [-0.15, -0.1) is 11.3 Å². The first kappa shape index (κ1) is 14.0. The van der Waals surface area contributed by atoms with E-state index >= 15 is 0 Å². The van der Waals surface area contributed by atoms with E-state index in [0.29, 0.717) is 12.0 Å². The summed E-state index contributed by atoms with van der Waals surface area (Å²) in [4.78, 5) is 13.7. The van der Waals surface area contributed by atoms with Crippen LogP contribution in [0.25, 0.3) is 10.1 Å². The number of benzene rings is 1. The molecule has 1 aromatic heterocycles. The van der Waals surface area contributed by atoms with Crippen molar-refractivity contribution in [2.75, 3.05) is 6.54 Å². The molecule has 1 saturated heterocycles. The molecule has 1 aliphatic heterocycles. The second kappa shape index (κ2) is 4.81. The summed E-state index contributed by atoms with van der Waals surface area (Å²) in [6.07, 6.45) is 5.24. The lowest BCUT2D eigenvalue weighted by Crippen LogP contribution is -2.60. The van der Waals surface area contributed by atoms with Crippen LogP contribution in [0.5, 0.6) is 0 Å². The van der Waals surface area contributed by atoms with Crippen molar-refractivity contribution in [2.45, 2.75) is 44.2 Å². The molecule has 2 N–H and O–H groups in total. The van der Waals surface area contributed by atoms with Gasteiger partial charge >= 0.3 is 0 Å². The van der Waals surface area contributed by atoms with Crippen molar-refractivity contribution in [2.24, 2.45) is 11.8 Å². The SMILES string of the molecule is Cc1ccc2cc(C(=O)NC3C4CCC(CC4)[C@@]34CN4)sc2c1. The van der Waals surface area contributed by atoms with Gasteiger partial charge in [-0.25, -0.2) is 0 Å². The summed E-state index contributed by atoms with van der Waals surface area (Å²) in [7, 11) is 0. The minimum absolute atomic E-state index is 0.120. The zero-order valence-corrected chi connectivity index (χ0v) is 14.2. The van der Waals surface area contributed by atoms with E-state index in [0.717, 1.165) is 17.3 Å². The van der Waals surface area contributed by atoms with Crippen LogP contribution >= 0.6 is 11.3 Å². The standard InChI is InChI=1S/C19H22N2OS/c1-11-2-3-13-9-16(23-15(13)8-11)18(22)21-17-12-4-6-14(7-5-12)19(17)10-20-19/h2-3,8-9,12,14,17,20H,4-7,10H2,1H3,(H,21,22)/t12?,14?,17?,19-/m0/s1. The Bertz CT molecular complexity index is 784. The number of hydrogen-bond acceptors (Lipinski definition) is 3. The lowest BCUT2D eigenvalue weighted by atomic mass is 9.61. The second-order valence-electron chi connectivity index (χ2n) is 7.61. The van der Waals surface area contributed by atoms with Crippen LogP contribution in [-0.4, -0.2) is 24.0 Å². The molecule has 4 heteroatoms. The third kappa shape index (κ3) is 2.08. The highest BCUT2D eigenvalue weighted by Crippen LogP contribution is 2.51. The molecular weight excluding hydrogens is 304 g/mol. The van der Waals surface area contributed by atoms with E-state index in [9.17, 15) is 4.79 Å². The maximum atomic E-state index is 12.8. The van der Waals surface area contributed by atoms with Gasteiger partial charge in [-0.05, 0) is 67.5 Å². The lowest BCUT2D eigenvalue weighted by Gasteiger charge is -2.48. The van der Waals surface area contributed by atoms with Crippen LogP contribution in [0.15, 0.2) is 24.3 Å². The molecule has 6 rings (SSSR count). The van der Waals surface area contributed by atoms with Gasteiger partial charge in [0.1, 0.15) is 0 Å². The molecule has 2 atom stereocenters. The molecular formula is C19H22N2OS. The van der Waals surface area contributed by atoms with E-state index in [2.05, 4.69) is 35.8 Å². The van der Waals surface area contributed by atoms with E-state index in [1.165, 1.54) is 41.3 Å². The van der Waals surface area contributed by atoms with Crippen molar-refractivity contribution in [3.05, 3.63) is 34.7 Å². The predicted octanol–water partition coefficient (Wildman–Crippen LogP) is 3.47. The average Bonchev–Trinajstić information content (AvgIpc) is 3.22. The molecule has 120 valence electrons. The first-order valence-corrected chi connectivity index (χ1v) is 9.53. The van der Waals surface area contributed by atoms with Crippen LogP contribution in [0, 0.1) is 18.8 Å². The van der Waals surface area contributed by atoms with Gasteiger partial charge in [-0.3, -0.25) is 4.79 Å². The van der Waals surface area contributed by atoms with E-state index in [1.54, 1.807) is 11.3 Å². The van der Waals surface area contributed by atoms with Crippen LogP contribution in [0.2, 0.25) is 0 Å². The van der Waals surface area contributed by atoms with Crippen molar-refractivity contribution < 1.29 is 4.79 Å². The Labute approximate surface area is 140 Å². The number of rotatable bonds is 2. The molecule has 1 amide bonds. The first-order chi connectivity index (χ1) is 11.2. The topological polar surface area (TPSA) is 51.0 Å². The molecule has 1 aromatic carbocycles. The van der Waals surface area contributed by atoms with Crippen LogP contribution in [0.4, 0.5) is 0 Å². The monoisotopic (exact) mass is 326 g/mol. The first-order valence-electron chi connectivity index (χ1n) is 8.72. The highest BCUT2D eigenvalue weighted by Gasteiger charge is 2.61. The molecule has 0 radical (unpaired) electrons. The molecule has 3 saturated carbocycles. The van der Waals surface area contributed by atoms with Crippen molar-refractivity contribution >= 4 is 27.3 Å². The molecule has 1 spiro atoms. The van der Waals surface area contributed by atoms with Gasteiger partial charge < -0.3 is 10.6 Å². The van der Waals surface area contributed by atoms with Gasteiger partial charge in [0.05, 0.1) is 16.5 Å². The number of fused-ring (bicyclic) bond motifs is 3. The average molecular weight is 326 g/mol. The van der Waals surface area contributed by atoms with Crippen LogP contribution in [-0.2, 0) is 0 Å². The summed E-state index contributed by atoms with van der Waals surface area (Å²) < 4.78 is 1.21. The second-order valence-corrected chi connectivity index (χ2v) is 8.69. The van der Waals surface area contributed by atoms with E-state index in [1.807, 2.05) is 6.07 Å². The highest BCUT2D eigenvalue weighted by atomic mass is 32.1. The smallest absolute Gasteiger partial charge is 0.261 e. The van der Waals surface area contributed by atoms with Gasteiger partial charge in [0.15, 0.2) is 0 Å². The summed E-state index contributed by atoms with van der Waals surface area (Å²) in [5.41, 5.74) is 1.47. The molecule has 4 fully saturated rings. The number of amides is 1. The third-order valence-electron chi connectivity index (χ3n) is 6.30. The minimum Gasteiger partial charge on any atom is -0.346 e. The maximum absolute atomic E-state index is 12.8. The maximum Gasteiger partial charge on any atom is 0.261 e. The van der Waals surface area contributed by atoms with Gasteiger partial charge in [0.25, 0.3) is 5.91 Å². The van der Waals surface area contributed by atoms with Gasteiger partial charge in [-0.2, -0.15) is 0 Å². The Morgan fingerprint density at radius 3 is 2.78 bits per heavy atom. The fraction of sp³-hybridized carbons (Fsp3) is 0.526. The molecule has 2 heterocycles. The summed E-state index contributed by atoms with van der Waals surface area (Å²) in [5, 5.41) is 8.19. The van der Waals surface area contributed by atoms with Crippen molar-refractivity contribution in [1.29, 1.82) is 0 Å². The fourth-order valence-electron chi connectivity index (χ4n) is 4.96. The lowest BCUT2D eigenvalue weighted by molar-refractivity contribution is 0.0637. The van der Waals surface area contributed by atoms with Crippen molar-refractivity contribution in [3.63, 3.8) is 0 Å². The fourth-order valence-corrected chi connectivity index (χ4v) is 6.03. The number of carbonyl (C=O) groups excluding carboxylic acids is 1. The largest absolute Gasteiger partial charge is 0.346 e. The zero-order valence-electron chi connectivity index (χ0n) is 13.4. The Balaban J connectivity index is 1.42. The van der Waals surface area contributed by atoms with E-state index in [4.69, 9.17) is 0 Å². The third-order valence-corrected chi connectivity index (χ3v) is 7.39. The van der Waals surface area contributed by atoms with E-state index < -0.39 is 0 Å². The van der Waals surface area contributed by atoms with Gasteiger partial charge in [0.2, 0.25) is 0 Å². The van der Waals surface area contributed by atoms with Crippen LogP contribution in [0.3, 0.4) is 0 Å². The summed E-state index contributed by atoms with van der Waals surface area (Å²) in [6, 6.07) is 8.77. The normalized spacial score (nSPS) is 34.9. The van der Waals surface area contributed by atoms with E-state index in [-0.39, 0.29) is 11.4 Å².